The summed E-state index contributed by atoms with van der Waals surface area (Å²) < 4.78 is 37.8. The van der Waals surface area contributed by atoms with Gasteiger partial charge < -0.3 is 0 Å². The molecule has 0 saturated heterocycles. The molecule has 5 nitrogen and oxygen atoms in total. The number of carbonyl (C=O) groups excluding carboxylic acids is 2. The number of hydrogen-bond donors (Lipinski definition) is 1. The van der Waals surface area contributed by atoms with Crippen LogP contribution in [0.3, 0.4) is 0 Å². The van der Waals surface area contributed by atoms with Gasteiger partial charge in [0, 0.05) is 16.1 Å². The van der Waals surface area contributed by atoms with E-state index in [2.05, 4.69) is 15.5 Å². The van der Waals surface area contributed by atoms with Crippen LogP contribution >= 0.6 is 22.9 Å². The van der Waals surface area contributed by atoms with E-state index in [1.165, 1.54) is 42.5 Å². The lowest BCUT2D eigenvalue weighted by molar-refractivity contribution is -0.138. The van der Waals surface area contributed by atoms with Crippen molar-refractivity contribution in [2.24, 2.45) is 0 Å². The molecular weight excluding hydrogens is 403 g/mol. The fourth-order valence-corrected chi connectivity index (χ4v) is 2.92. The minimum atomic E-state index is -4.65. The first-order valence-corrected chi connectivity index (χ1v) is 8.56. The summed E-state index contributed by atoms with van der Waals surface area (Å²) in [6, 6.07) is 12.1. The van der Waals surface area contributed by atoms with Crippen LogP contribution in [0.1, 0.15) is 31.3 Å². The number of halogens is 4. The molecule has 10 heteroatoms. The second kappa shape index (κ2) is 7.45. The van der Waals surface area contributed by atoms with Gasteiger partial charge in [-0.25, -0.2) is 0 Å². The van der Waals surface area contributed by atoms with Gasteiger partial charge in [0.1, 0.15) is 0 Å². The molecule has 0 spiro atoms. The van der Waals surface area contributed by atoms with E-state index in [-0.39, 0.29) is 27.6 Å². The summed E-state index contributed by atoms with van der Waals surface area (Å²) in [5.41, 5.74) is 0.411. The Balaban J connectivity index is 1.87. The highest BCUT2D eigenvalue weighted by atomic mass is 35.5. The molecule has 1 aromatic heterocycles. The summed E-state index contributed by atoms with van der Waals surface area (Å²) in [4.78, 5) is 25.1. The van der Waals surface area contributed by atoms with Crippen LogP contribution in [0.2, 0.25) is 5.02 Å². The molecule has 1 amide bonds. The Kier molecular flexibility index (Phi) is 5.24. The van der Waals surface area contributed by atoms with Gasteiger partial charge in [-0.1, -0.05) is 41.1 Å². The molecule has 2 aromatic carbocycles. The molecule has 0 unspecified atom stereocenters. The van der Waals surface area contributed by atoms with Crippen LogP contribution < -0.4 is 5.32 Å². The van der Waals surface area contributed by atoms with Crippen LogP contribution in [0.4, 0.5) is 18.3 Å². The summed E-state index contributed by atoms with van der Waals surface area (Å²) >= 11 is 6.00. The Labute approximate surface area is 159 Å². The lowest BCUT2D eigenvalue weighted by Crippen LogP contribution is -2.16. The fraction of sp³-hybridized carbons (Fsp3) is 0.0588. The molecule has 1 N–H and O–H groups in total. The van der Waals surface area contributed by atoms with Gasteiger partial charge in [0.05, 0.1) is 5.56 Å². The van der Waals surface area contributed by atoms with Crippen molar-refractivity contribution in [3.8, 4) is 0 Å². The molecule has 138 valence electrons. The zero-order chi connectivity index (χ0) is 19.6. The van der Waals surface area contributed by atoms with Gasteiger partial charge in [0.25, 0.3) is 5.91 Å². The summed E-state index contributed by atoms with van der Waals surface area (Å²) in [6.07, 6.45) is -4.65. The topological polar surface area (TPSA) is 72.0 Å². The first-order valence-electron chi connectivity index (χ1n) is 7.37. The van der Waals surface area contributed by atoms with Gasteiger partial charge in [0.15, 0.2) is 5.78 Å². The van der Waals surface area contributed by atoms with Crippen LogP contribution in [0.5, 0.6) is 0 Å². The van der Waals surface area contributed by atoms with Crippen LogP contribution in [0.25, 0.3) is 0 Å². The number of rotatable bonds is 4. The van der Waals surface area contributed by atoms with Crippen LogP contribution in [-0.4, -0.2) is 21.9 Å². The van der Waals surface area contributed by atoms with Gasteiger partial charge in [-0.05, 0) is 30.3 Å². The van der Waals surface area contributed by atoms with E-state index in [4.69, 9.17) is 11.6 Å². The van der Waals surface area contributed by atoms with Crippen LogP contribution in [0, 0.1) is 0 Å². The highest BCUT2D eigenvalue weighted by Gasteiger charge is 2.36. The van der Waals surface area contributed by atoms with E-state index in [9.17, 15) is 22.8 Å². The Hall–Kier alpha value is -2.78. The van der Waals surface area contributed by atoms with Gasteiger partial charge >= 0.3 is 6.18 Å². The first-order chi connectivity index (χ1) is 12.8. The van der Waals surface area contributed by atoms with Crippen molar-refractivity contribution in [1.82, 2.24) is 10.2 Å². The molecular formula is C17H9ClF3N3O2S. The predicted molar refractivity (Wildman–Crippen MR) is 94.2 cm³/mol. The molecule has 3 rings (SSSR count). The zero-order valence-electron chi connectivity index (χ0n) is 13.2. The molecule has 0 fully saturated rings. The molecule has 0 atom stereocenters. The Morgan fingerprint density at radius 1 is 0.963 bits per heavy atom. The highest BCUT2D eigenvalue weighted by molar-refractivity contribution is 7.15. The third-order valence-corrected chi connectivity index (χ3v) is 4.55. The number of benzene rings is 2. The van der Waals surface area contributed by atoms with Crippen molar-refractivity contribution in [2.45, 2.75) is 6.18 Å². The number of hydrogen-bond acceptors (Lipinski definition) is 5. The Morgan fingerprint density at radius 3 is 2.19 bits per heavy atom. The number of carbonyl (C=O) groups is 2. The number of anilines is 1. The molecule has 0 radical (unpaired) electrons. The summed E-state index contributed by atoms with van der Waals surface area (Å²) in [5, 5.41) is 7.50. The molecule has 0 aliphatic heterocycles. The largest absolute Gasteiger partial charge is 0.445 e. The first kappa shape index (κ1) is 19.0. The van der Waals surface area contributed by atoms with Gasteiger partial charge in [-0.2, -0.15) is 13.2 Å². The smallest absolute Gasteiger partial charge is 0.296 e. The molecule has 0 aliphatic carbocycles. The van der Waals surface area contributed by atoms with Gasteiger partial charge in [-0.3, -0.25) is 14.9 Å². The normalized spacial score (nSPS) is 11.3. The number of nitrogens with zero attached hydrogens (tertiary/aromatic N) is 2. The minimum Gasteiger partial charge on any atom is -0.296 e. The van der Waals surface area contributed by atoms with Crippen molar-refractivity contribution in [2.75, 3.05) is 5.32 Å². The number of amides is 1. The summed E-state index contributed by atoms with van der Waals surface area (Å²) in [5.74, 6) is -1.19. The monoisotopic (exact) mass is 411 g/mol. The third-order valence-electron chi connectivity index (χ3n) is 3.41. The molecule has 27 heavy (non-hydrogen) atoms. The zero-order valence-corrected chi connectivity index (χ0v) is 14.8. The van der Waals surface area contributed by atoms with E-state index in [1.54, 1.807) is 6.07 Å². The number of nitrogens with one attached hydrogen (secondary N) is 1. The van der Waals surface area contributed by atoms with Gasteiger partial charge in [-0.15, -0.1) is 10.2 Å². The molecule has 0 aliphatic rings. The average Bonchev–Trinajstić information content (AvgIpc) is 3.10. The van der Waals surface area contributed by atoms with Crippen LogP contribution in [0.15, 0.2) is 48.5 Å². The number of alkyl halides is 3. The maximum Gasteiger partial charge on any atom is 0.445 e. The van der Waals surface area contributed by atoms with Crippen molar-refractivity contribution in [3.05, 3.63) is 75.3 Å². The summed E-state index contributed by atoms with van der Waals surface area (Å²) in [7, 11) is 0. The second-order valence-corrected chi connectivity index (χ2v) is 6.66. The molecule has 3 aromatic rings. The van der Waals surface area contributed by atoms with Crippen molar-refractivity contribution < 1.29 is 22.8 Å². The van der Waals surface area contributed by atoms with Crippen molar-refractivity contribution in [3.63, 3.8) is 0 Å². The summed E-state index contributed by atoms with van der Waals surface area (Å²) in [6.45, 7) is 0. The van der Waals surface area contributed by atoms with Crippen LogP contribution in [-0.2, 0) is 6.18 Å². The van der Waals surface area contributed by atoms with Crippen molar-refractivity contribution in [1.29, 1.82) is 0 Å². The number of aromatic nitrogens is 2. The Morgan fingerprint density at radius 2 is 1.59 bits per heavy atom. The molecule has 0 saturated carbocycles. The SMILES string of the molecule is O=C(Nc1nnc(C(F)(F)F)s1)c1ccccc1C(=O)c1ccc(Cl)cc1. The highest BCUT2D eigenvalue weighted by Crippen LogP contribution is 2.33. The quantitative estimate of drug-likeness (QED) is 0.632. The lowest BCUT2D eigenvalue weighted by atomic mass is 9.98. The van der Waals surface area contributed by atoms with E-state index in [0.717, 1.165) is 0 Å². The van der Waals surface area contributed by atoms with E-state index < -0.39 is 22.9 Å². The van der Waals surface area contributed by atoms with E-state index >= 15 is 0 Å². The third kappa shape index (κ3) is 4.32. The standard InChI is InChI=1S/C17H9ClF3N3O2S/c18-10-7-5-9(6-8-10)13(25)11-3-1-2-4-12(11)14(26)22-16-24-23-15(27-16)17(19,20)21/h1-8H,(H,22,24,26). The van der Waals surface area contributed by atoms with E-state index in [1.807, 2.05) is 0 Å². The fourth-order valence-electron chi connectivity index (χ4n) is 2.19. The predicted octanol–water partition coefficient (Wildman–Crippen LogP) is 4.69. The maximum absolute atomic E-state index is 12.7. The minimum absolute atomic E-state index is 0.00112. The average molecular weight is 412 g/mol. The maximum atomic E-state index is 12.7. The lowest BCUT2D eigenvalue weighted by Gasteiger charge is -2.08. The van der Waals surface area contributed by atoms with Crippen molar-refractivity contribution >= 4 is 39.8 Å². The second-order valence-electron chi connectivity index (χ2n) is 5.25. The molecule has 0 bridgehead atoms. The number of ketones is 1. The van der Waals surface area contributed by atoms with E-state index in [0.29, 0.717) is 10.6 Å². The Bertz CT molecular complexity index is 1000. The molecule has 1 heterocycles. The van der Waals surface area contributed by atoms with Gasteiger partial charge in [0.2, 0.25) is 10.1 Å².